The van der Waals surface area contributed by atoms with Gasteiger partial charge in [0.15, 0.2) is 0 Å². The van der Waals surface area contributed by atoms with Crippen molar-refractivity contribution in [2.45, 2.75) is 44.9 Å². The second-order valence-corrected chi connectivity index (χ2v) is 10.1. The fraction of sp³-hybridized carbons (Fsp3) is 0.520. The summed E-state index contributed by atoms with van der Waals surface area (Å²) in [5, 5.41) is 3.42. The summed E-state index contributed by atoms with van der Waals surface area (Å²) in [5.41, 5.74) is 1.33. The lowest BCUT2D eigenvalue weighted by molar-refractivity contribution is -0.149. The number of esters is 1. The number of rotatable bonds is 6. The maximum atomic E-state index is 12.9. The van der Waals surface area contributed by atoms with Crippen LogP contribution in [0.3, 0.4) is 0 Å². The lowest BCUT2D eigenvalue weighted by Crippen LogP contribution is -2.40. The van der Waals surface area contributed by atoms with Gasteiger partial charge in [0.1, 0.15) is 5.69 Å². The van der Waals surface area contributed by atoms with Crippen molar-refractivity contribution in [3.63, 3.8) is 0 Å². The van der Waals surface area contributed by atoms with Crippen LogP contribution in [0.2, 0.25) is 5.02 Å². The summed E-state index contributed by atoms with van der Waals surface area (Å²) >= 11 is 7.72. The minimum atomic E-state index is -0.165. The molecular formula is C25H30ClN3O4S. The summed E-state index contributed by atoms with van der Waals surface area (Å²) in [7, 11) is 0. The minimum Gasteiger partial charge on any atom is -0.466 e. The molecule has 0 aliphatic carbocycles. The zero-order chi connectivity index (χ0) is 24.1. The monoisotopic (exact) mass is 503 g/mol. The lowest BCUT2D eigenvalue weighted by atomic mass is 9.96. The Hall–Kier alpha value is -2.45. The van der Waals surface area contributed by atoms with Crippen LogP contribution in [0.15, 0.2) is 29.6 Å². The molecule has 4 rings (SSSR count). The number of halogens is 1. The normalized spacial score (nSPS) is 17.6. The molecule has 0 atom stereocenters. The summed E-state index contributed by atoms with van der Waals surface area (Å²) in [4.78, 5) is 45.9. The molecule has 9 heteroatoms. The number of carbonyl (C=O) groups excluding carboxylic acids is 3. The van der Waals surface area contributed by atoms with E-state index in [2.05, 4.69) is 4.98 Å². The smallest absolute Gasteiger partial charge is 0.309 e. The summed E-state index contributed by atoms with van der Waals surface area (Å²) in [6.07, 6.45) is 3.23. The molecule has 2 saturated heterocycles. The maximum absolute atomic E-state index is 12.9. The summed E-state index contributed by atoms with van der Waals surface area (Å²) in [5.74, 6) is -0.0153. The number of amides is 2. The van der Waals surface area contributed by atoms with Crippen LogP contribution >= 0.6 is 22.9 Å². The Bertz CT molecular complexity index is 1030. The van der Waals surface area contributed by atoms with Crippen molar-refractivity contribution in [3.8, 4) is 0 Å². The van der Waals surface area contributed by atoms with Crippen molar-refractivity contribution in [3.05, 3.63) is 50.9 Å². The Morgan fingerprint density at radius 2 is 1.74 bits per heavy atom. The summed E-state index contributed by atoms with van der Waals surface area (Å²) in [6, 6.07) is 7.45. The first-order valence-electron chi connectivity index (χ1n) is 11.9. The van der Waals surface area contributed by atoms with Crippen molar-refractivity contribution in [1.82, 2.24) is 14.8 Å². The first-order valence-corrected chi connectivity index (χ1v) is 13.1. The van der Waals surface area contributed by atoms with Gasteiger partial charge in [-0.05, 0) is 44.2 Å². The average molecular weight is 504 g/mol. The van der Waals surface area contributed by atoms with Crippen molar-refractivity contribution in [2.75, 3.05) is 32.8 Å². The maximum Gasteiger partial charge on any atom is 0.309 e. The lowest BCUT2D eigenvalue weighted by Gasteiger charge is -2.31. The zero-order valence-electron chi connectivity index (χ0n) is 19.4. The molecule has 2 aliphatic heterocycles. The van der Waals surface area contributed by atoms with E-state index < -0.39 is 0 Å². The number of hydrogen-bond donors (Lipinski definition) is 0. The van der Waals surface area contributed by atoms with Crippen LogP contribution in [-0.4, -0.2) is 65.4 Å². The van der Waals surface area contributed by atoms with Crippen molar-refractivity contribution in [2.24, 2.45) is 5.92 Å². The minimum absolute atomic E-state index is 0.0721. The molecule has 0 unspecified atom stereocenters. The number of ether oxygens (including phenoxy) is 1. The van der Waals surface area contributed by atoms with Crippen LogP contribution in [0.1, 0.15) is 59.6 Å². The van der Waals surface area contributed by atoms with Crippen LogP contribution in [0.5, 0.6) is 0 Å². The highest BCUT2D eigenvalue weighted by Gasteiger charge is 2.31. The number of carbonyl (C=O) groups is 3. The van der Waals surface area contributed by atoms with Crippen molar-refractivity contribution < 1.29 is 19.1 Å². The van der Waals surface area contributed by atoms with Gasteiger partial charge in [0.05, 0.1) is 24.0 Å². The molecule has 1 aromatic carbocycles. The van der Waals surface area contributed by atoms with E-state index in [1.54, 1.807) is 17.9 Å². The molecular weight excluding hydrogens is 474 g/mol. The molecule has 3 heterocycles. The third-order valence-electron chi connectivity index (χ3n) is 6.64. The summed E-state index contributed by atoms with van der Waals surface area (Å²) < 4.78 is 5.11. The number of benzene rings is 1. The quantitative estimate of drug-likeness (QED) is 0.553. The highest BCUT2D eigenvalue weighted by Crippen LogP contribution is 2.31. The van der Waals surface area contributed by atoms with E-state index in [0.717, 1.165) is 23.4 Å². The van der Waals surface area contributed by atoms with Gasteiger partial charge in [-0.1, -0.05) is 29.8 Å². The average Bonchev–Trinajstić information content (AvgIpc) is 3.36. The van der Waals surface area contributed by atoms with Gasteiger partial charge in [-0.3, -0.25) is 14.4 Å². The van der Waals surface area contributed by atoms with Gasteiger partial charge in [0.25, 0.3) is 5.91 Å². The molecule has 2 fully saturated rings. The van der Waals surface area contributed by atoms with Gasteiger partial charge in [-0.2, -0.15) is 0 Å². The number of aromatic nitrogens is 1. The third kappa shape index (κ3) is 5.78. The fourth-order valence-electron chi connectivity index (χ4n) is 4.61. The molecule has 0 saturated carbocycles. The molecule has 1 aromatic heterocycles. The Labute approximate surface area is 209 Å². The Balaban J connectivity index is 1.27. The van der Waals surface area contributed by atoms with E-state index in [1.807, 2.05) is 28.5 Å². The fourth-order valence-corrected chi connectivity index (χ4v) is 5.77. The first-order chi connectivity index (χ1) is 16.5. The predicted molar refractivity (Wildman–Crippen MR) is 131 cm³/mol. The van der Waals surface area contributed by atoms with E-state index in [9.17, 15) is 14.4 Å². The molecule has 2 aromatic rings. The van der Waals surface area contributed by atoms with Gasteiger partial charge in [0, 0.05) is 42.5 Å². The molecule has 7 nitrogen and oxygen atoms in total. The first kappa shape index (κ1) is 24.7. The number of nitrogens with zero attached hydrogens (tertiary/aromatic N) is 3. The van der Waals surface area contributed by atoms with Crippen LogP contribution < -0.4 is 0 Å². The standard InChI is InChI=1S/C25H30ClN3O4S/c1-2-33-25(32)18-9-13-29(14-10-18)24(31)21-16-34-23(27-21)17-7-11-28(12-8-17)22(30)15-19-5-3-4-6-20(19)26/h3-6,16-18H,2,7-15H2,1H3. The Kier molecular flexibility index (Phi) is 8.21. The Morgan fingerprint density at radius 1 is 1.06 bits per heavy atom. The molecule has 0 bridgehead atoms. The van der Waals surface area contributed by atoms with E-state index >= 15 is 0 Å². The molecule has 0 radical (unpaired) electrons. The van der Waals surface area contributed by atoms with Gasteiger partial charge in [-0.15, -0.1) is 11.3 Å². The van der Waals surface area contributed by atoms with E-state index in [-0.39, 0.29) is 29.6 Å². The van der Waals surface area contributed by atoms with Gasteiger partial charge >= 0.3 is 5.97 Å². The molecule has 2 aliphatic rings. The third-order valence-corrected chi connectivity index (χ3v) is 8.02. The van der Waals surface area contributed by atoms with Crippen LogP contribution in [0.4, 0.5) is 0 Å². The zero-order valence-corrected chi connectivity index (χ0v) is 20.9. The number of piperidine rings is 2. The highest BCUT2D eigenvalue weighted by atomic mass is 35.5. The largest absolute Gasteiger partial charge is 0.466 e. The van der Waals surface area contributed by atoms with Crippen LogP contribution in [0, 0.1) is 5.92 Å². The van der Waals surface area contributed by atoms with E-state index in [0.29, 0.717) is 62.8 Å². The Morgan fingerprint density at radius 3 is 2.41 bits per heavy atom. The topological polar surface area (TPSA) is 79.8 Å². The second-order valence-electron chi connectivity index (χ2n) is 8.81. The van der Waals surface area contributed by atoms with Gasteiger partial charge in [0.2, 0.25) is 5.91 Å². The predicted octanol–water partition coefficient (Wildman–Crippen LogP) is 4.16. The molecule has 2 amide bonds. The van der Waals surface area contributed by atoms with Gasteiger partial charge in [-0.25, -0.2) is 4.98 Å². The summed E-state index contributed by atoms with van der Waals surface area (Å²) in [6.45, 7) is 4.63. The van der Waals surface area contributed by atoms with Crippen molar-refractivity contribution in [1.29, 1.82) is 0 Å². The highest BCUT2D eigenvalue weighted by molar-refractivity contribution is 7.09. The number of thiazole rings is 1. The second kappa shape index (κ2) is 11.3. The number of likely N-dealkylation sites (tertiary alicyclic amines) is 2. The molecule has 34 heavy (non-hydrogen) atoms. The SMILES string of the molecule is CCOC(=O)C1CCN(C(=O)c2csc(C3CCN(C(=O)Cc4ccccc4Cl)CC3)n2)CC1. The van der Waals surface area contributed by atoms with Crippen LogP contribution in [-0.2, 0) is 20.7 Å². The van der Waals surface area contributed by atoms with E-state index in [1.165, 1.54) is 11.3 Å². The molecule has 182 valence electrons. The number of hydrogen-bond acceptors (Lipinski definition) is 6. The molecule has 0 spiro atoms. The van der Waals surface area contributed by atoms with Gasteiger partial charge < -0.3 is 14.5 Å². The van der Waals surface area contributed by atoms with E-state index in [4.69, 9.17) is 16.3 Å². The van der Waals surface area contributed by atoms with Crippen LogP contribution in [0.25, 0.3) is 0 Å². The van der Waals surface area contributed by atoms with Crippen molar-refractivity contribution >= 4 is 40.7 Å². The molecule has 0 N–H and O–H groups in total.